The Labute approximate surface area is 176 Å². The summed E-state index contributed by atoms with van der Waals surface area (Å²) in [5.74, 6) is 2.47. The molecule has 0 amide bonds. The van der Waals surface area contributed by atoms with Gasteiger partial charge in [0.2, 0.25) is 0 Å². The fourth-order valence-electron chi connectivity index (χ4n) is 3.30. The van der Waals surface area contributed by atoms with E-state index in [-0.39, 0.29) is 5.66 Å². The first-order valence-corrected chi connectivity index (χ1v) is 11.1. The molecule has 0 aliphatic carbocycles. The van der Waals surface area contributed by atoms with Crippen LogP contribution in [0.4, 0.5) is 0 Å². The van der Waals surface area contributed by atoms with Crippen LogP contribution >= 0.6 is 0 Å². The maximum atomic E-state index is 5.21. The molecular formula is C23H39N5O. The van der Waals surface area contributed by atoms with E-state index in [0.717, 1.165) is 37.1 Å². The lowest BCUT2D eigenvalue weighted by Gasteiger charge is -2.36. The molecule has 1 saturated heterocycles. The summed E-state index contributed by atoms with van der Waals surface area (Å²) in [7, 11) is 1.68. The molecule has 3 N–H and O–H groups in total. The van der Waals surface area contributed by atoms with E-state index >= 15 is 0 Å². The molecular weight excluding hydrogens is 362 g/mol. The molecule has 1 aliphatic rings. The molecule has 0 saturated carbocycles. The Balaban J connectivity index is 1.77. The average molecular weight is 402 g/mol. The smallest absolute Gasteiger partial charge is 0.199 e. The maximum Gasteiger partial charge on any atom is 0.199 e. The van der Waals surface area contributed by atoms with Crippen molar-refractivity contribution in [2.75, 3.05) is 20.2 Å². The van der Waals surface area contributed by atoms with Crippen LogP contribution in [0.2, 0.25) is 0 Å². The molecule has 0 radical (unpaired) electrons. The second-order valence-electron chi connectivity index (χ2n) is 8.18. The quantitative estimate of drug-likeness (QED) is 0.459. The summed E-state index contributed by atoms with van der Waals surface area (Å²) in [5.41, 5.74) is 0.972. The third-order valence-electron chi connectivity index (χ3n) is 4.96. The van der Waals surface area contributed by atoms with E-state index in [1.807, 2.05) is 12.1 Å². The van der Waals surface area contributed by atoms with Gasteiger partial charge >= 0.3 is 0 Å². The van der Waals surface area contributed by atoms with Gasteiger partial charge in [-0.3, -0.25) is 15.3 Å². The van der Waals surface area contributed by atoms with Crippen molar-refractivity contribution < 1.29 is 4.74 Å². The zero-order valence-electron chi connectivity index (χ0n) is 18.7. The second kappa shape index (κ2) is 12.3. The number of benzene rings is 1. The van der Waals surface area contributed by atoms with Gasteiger partial charge in [-0.2, -0.15) is 0 Å². The third kappa shape index (κ3) is 9.20. The van der Waals surface area contributed by atoms with E-state index < -0.39 is 0 Å². The summed E-state index contributed by atoms with van der Waals surface area (Å²) >= 11 is 0. The fourth-order valence-corrected chi connectivity index (χ4v) is 3.30. The molecule has 0 atom stereocenters. The van der Waals surface area contributed by atoms with Crippen LogP contribution in [0.3, 0.4) is 0 Å². The lowest BCUT2D eigenvalue weighted by atomic mass is 10.1. The minimum absolute atomic E-state index is 0.275. The second-order valence-corrected chi connectivity index (χ2v) is 8.18. The maximum absolute atomic E-state index is 5.21. The van der Waals surface area contributed by atoms with Gasteiger partial charge in [-0.15, -0.1) is 0 Å². The molecule has 2 rings (SSSR count). The van der Waals surface area contributed by atoms with Gasteiger partial charge in [0, 0.05) is 13.1 Å². The molecule has 0 spiro atoms. The summed E-state index contributed by atoms with van der Waals surface area (Å²) < 4.78 is 5.21. The Morgan fingerprint density at radius 2 is 1.41 bits per heavy atom. The monoisotopic (exact) mass is 401 g/mol. The largest absolute Gasteiger partial charge is 0.497 e. The number of aliphatic imine (C=N–C) groups is 2. The van der Waals surface area contributed by atoms with Crippen LogP contribution in [0.1, 0.15) is 71.3 Å². The highest BCUT2D eigenvalue weighted by molar-refractivity contribution is 6.01. The van der Waals surface area contributed by atoms with Crippen LogP contribution in [0.5, 0.6) is 5.75 Å². The molecule has 6 heteroatoms. The first kappa shape index (κ1) is 23.0. The summed E-state index contributed by atoms with van der Waals surface area (Å²) in [4.78, 5) is 9.40. The van der Waals surface area contributed by atoms with Gasteiger partial charge in [0.05, 0.1) is 7.11 Å². The Bertz CT molecular complexity index is 652. The van der Waals surface area contributed by atoms with Crippen molar-refractivity contribution in [1.82, 2.24) is 16.0 Å². The van der Waals surface area contributed by atoms with Crippen molar-refractivity contribution in [3.63, 3.8) is 0 Å². The fraction of sp³-hybridized carbons (Fsp3) is 0.652. The van der Waals surface area contributed by atoms with Gasteiger partial charge in [0.1, 0.15) is 11.4 Å². The highest BCUT2D eigenvalue weighted by Gasteiger charge is 2.26. The van der Waals surface area contributed by atoms with Crippen LogP contribution in [0, 0.1) is 0 Å². The lowest BCUT2D eigenvalue weighted by molar-refractivity contribution is 0.403. The predicted octanol–water partition coefficient (Wildman–Crippen LogP) is 4.22. The molecule has 1 aliphatic heterocycles. The zero-order chi connectivity index (χ0) is 21.0. The number of guanidine groups is 2. The summed E-state index contributed by atoms with van der Waals surface area (Å²) in [5, 5.41) is 10.1. The molecule has 1 fully saturated rings. The van der Waals surface area contributed by atoms with Crippen LogP contribution in [-0.2, 0) is 6.42 Å². The molecule has 0 unspecified atom stereocenters. The van der Waals surface area contributed by atoms with Crippen LogP contribution in [0.25, 0.3) is 0 Å². The first-order valence-electron chi connectivity index (χ1n) is 11.1. The van der Waals surface area contributed by atoms with Crippen LogP contribution in [0.15, 0.2) is 34.3 Å². The number of nitrogens with zero attached hydrogens (tertiary/aromatic N) is 2. The predicted molar refractivity (Wildman–Crippen MR) is 123 cm³/mol. The summed E-state index contributed by atoms with van der Waals surface area (Å²) in [6.07, 6.45) is 9.97. The van der Waals surface area contributed by atoms with Gasteiger partial charge in [-0.1, -0.05) is 57.6 Å². The Morgan fingerprint density at radius 1 is 0.828 bits per heavy atom. The molecule has 162 valence electrons. The van der Waals surface area contributed by atoms with Gasteiger partial charge in [0.25, 0.3) is 0 Å². The molecule has 1 aromatic rings. The molecule has 0 aromatic heterocycles. The number of methoxy groups -OCH3 is 1. The minimum Gasteiger partial charge on any atom is -0.497 e. The van der Waals surface area contributed by atoms with Gasteiger partial charge < -0.3 is 15.4 Å². The van der Waals surface area contributed by atoms with Crippen LogP contribution in [-0.4, -0.2) is 37.8 Å². The molecule has 1 aromatic carbocycles. The Hall–Kier alpha value is -2.24. The van der Waals surface area contributed by atoms with Crippen molar-refractivity contribution >= 4 is 11.9 Å². The zero-order valence-corrected chi connectivity index (χ0v) is 18.7. The van der Waals surface area contributed by atoms with Crippen molar-refractivity contribution in [2.45, 2.75) is 77.8 Å². The van der Waals surface area contributed by atoms with E-state index in [1.165, 1.54) is 44.1 Å². The third-order valence-corrected chi connectivity index (χ3v) is 4.96. The van der Waals surface area contributed by atoms with E-state index in [4.69, 9.17) is 14.7 Å². The topological polar surface area (TPSA) is 70.0 Å². The van der Waals surface area contributed by atoms with Crippen molar-refractivity contribution in [2.24, 2.45) is 9.98 Å². The van der Waals surface area contributed by atoms with Crippen molar-refractivity contribution in [1.29, 1.82) is 0 Å². The Morgan fingerprint density at radius 3 is 2.03 bits per heavy atom. The Kier molecular flexibility index (Phi) is 9.81. The molecule has 29 heavy (non-hydrogen) atoms. The van der Waals surface area contributed by atoms with Crippen LogP contribution < -0.4 is 20.7 Å². The van der Waals surface area contributed by atoms with E-state index in [0.29, 0.717) is 6.54 Å². The van der Waals surface area contributed by atoms with Gasteiger partial charge in [-0.05, 0) is 44.4 Å². The SMILES string of the molecule is CCCCCCCCCN=C1NC(=NCCc2ccc(OC)cc2)NC(C)(C)N1. The standard InChI is InChI=1S/C23H39N5O/c1-5-6-7-8-9-10-11-17-24-21-26-22(28-23(2,3)27-21)25-18-16-19-12-14-20(29-4)15-13-19/h12-15H,5-11,16-18H2,1-4H3,(H3,24,25,26,27,28). The number of ether oxygens (including phenoxy) is 1. The van der Waals surface area contributed by atoms with Crippen molar-refractivity contribution in [3.05, 3.63) is 29.8 Å². The highest BCUT2D eigenvalue weighted by atomic mass is 16.5. The number of unbranched alkanes of at least 4 members (excludes halogenated alkanes) is 6. The van der Waals surface area contributed by atoms with Gasteiger partial charge in [-0.25, -0.2) is 0 Å². The number of nitrogens with one attached hydrogen (secondary N) is 3. The minimum atomic E-state index is -0.275. The summed E-state index contributed by atoms with van der Waals surface area (Å²) in [6, 6.07) is 8.14. The highest BCUT2D eigenvalue weighted by Crippen LogP contribution is 2.12. The lowest BCUT2D eigenvalue weighted by Crippen LogP contribution is -2.68. The van der Waals surface area contributed by atoms with E-state index in [2.05, 4.69) is 48.9 Å². The normalized spacial score (nSPS) is 18.2. The molecule has 0 bridgehead atoms. The number of rotatable bonds is 12. The number of hydrogen-bond acceptors (Lipinski definition) is 3. The van der Waals surface area contributed by atoms with Crippen molar-refractivity contribution in [3.8, 4) is 5.75 Å². The van der Waals surface area contributed by atoms with Gasteiger partial charge in [0.15, 0.2) is 11.9 Å². The molecule has 1 heterocycles. The average Bonchev–Trinajstić information content (AvgIpc) is 2.69. The number of hydrogen-bond donors (Lipinski definition) is 3. The first-order chi connectivity index (χ1) is 14.0. The summed E-state index contributed by atoms with van der Waals surface area (Å²) in [6.45, 7) is 8.00. The molecule has 6 nitrogen and oxygen atoms in total. The van der Waals surface area contributed by atoms with E-state index in [9.17, 15) is 0 Å². The van der Waals surface area contributed by atoms with E-state index in [1.54, 1.807) is 7.11 Å².